The zero-order valence-corrected chi connectivity index (χ0v) is 18.3. The Morgan fingerprint density at radius 1 is 1.09 bits per heavy atom. The number of rotatable bonds is 5. The van der Waals surface area contributed by atoms with Gasteiger partial charge in [0.25, 0.3) is 5.91 Å². The Morgan fingerprint density at radius 3 is 2.50 bits per heavy atom. The number of carbonyl (C=O) groups excluding carboxylic acids is 3. The Kier molecular flexibility index (Phi) is 6.41. The van der Waals surface area contributed by atoms with E-state index in [1.165, 1.54) is 31.2 Å². The molecule has 8 heteroatoms. The van der Waals surface area contributed by atoms with Crippen molar-refractivity contribution < 1.29 is 18.8 Å². The molecule has 1 N–H and O–H groups in total. The third-order valence-corrected chi connectivity index (χ3v) is 6.47. The van der Waals surface area contributed by atoms with Crippen LogP contribution in [0.2, 0.25) is 0 Å². The molecule has 0 aliphatic carbocycles. The van der Waals surface area contributed by atoms with Crippen LogP contribution in [0.25, 0.3) is 11.3 Å². The van der Waals surface area contributed by atoms with Crippen LogP contribution in [-0.4, -0.2) is 40.6 Å². The quantitative estimate of drug-likeness (QED) is 0.573. The van der Waals surface area contributed by atoms with E-state index in [9.17, 15) is 18.8 Å². The van der Waals surface area contributed by atoms with E-state index >= 15 is 0 Å². The largest absolute Gasteiger partial charge is 0.338 e. The minimum atomic E-state index is -0.402. The average molecular weight is 452 g/mol. The van der Waals surface area contributed by atoms with Crippen molar-refractivity contribution in [2.45, 2.75) is 19.8 Å². The average Bonchev–Trinajstić information content (AvgIpc) is 3.24. The summed E-state index contributed by atoms with van der Waals surface area (Å²) in [6.07, 6.45) is 1.34. The zero-order valence-electron chi connectivity index (χ0n) is 17.5. The van der Waals surface area contributed by atoms with Crippen LogP contribution in [0.15, 0.2) is 54.6 Å². The molecule has 164 valence electrons. The van der Waals surface area contributed by atoms with E-state index in [2.05, 4.69) is 10.3 Å². The second-order valence-corrected chi connectivity index (χ2v) is 8.70. The van der Waals surface area contributed by atoms with E-state index in [1.807, 2.05) is 30.3 Å². The first-order chi connectivity index (χ1) is 15.4. The summed E-state index contributed by atoms with van der Waals surface area (Å²) >= 11 is 1.15. The summed E-state index contributed by atoms with van der Waals surface area (Å²) in [5, 5.41) is 3.19. The van der Waals surface area contributed by atoms with E-state index in [4.69, 9.17) is 0 Å². The first-order valence-electron chi connectivity index (χ1n) is 10.4. The van der Waals surface area contributed by atoms with Gasteiger partial charge in [0, 0.05) is 31.1 Å². The third kappa shape index (κ3) is 4.75. The van der Waals surface area contributed by atoms with Crippen molar-refractivity contribution in [1.29, 1.82) is 0 Å². The number of likely N-dealkylation sites (tertiary alicyclic amines) is 1. The number of hydrogen-bond acceptors (Lipinski definition) is 5. The molecule has 3 aromatic rings. The number of carbonyl (C=O) groups is 3. The maximum absolute atomic E-state index is 13.2. The van der Waals surface area contributed by atoms with Gasteiger partial charge in [-0.1, -0.05) is 41.7 Å². The van der Waals surface area contributed by atoms with Crippen molar-refractivity contribution in [3.8, 4) is 11.3 Å². The van der Waals surface area contributed by atoms with Crippen molar-refractivity contribution in [1.82, 2.24) is 9.88 Å². The number of ketones is 1. The van der Waals surface area contributed by atoms with E-state index in [0.717, 1.165) is 16.9 Å². The number of Topliss-reactive ketones (excluding diaryl/α,β-unsaturated/α-hetero) is 1. The molecule has 2 aromatic carbocycles. The molecule has 1 aromatic heterocycles. The van der Waals surface area contributed by atoms with Crippen LogP contribution in [0.4, 0.5) is 9.52 Å². The van der Waals surface area contributed by atoms with Gasteiger partial charge in [-0.05, 0) is 37.1 Å². The molecule has 2 heterocycles. The van der Waals surface area contributed by atoms with Crippen LogP contribution >= 0.6 is 11.3 Å². The predicted molar refractivity (Wildman–Crippen MR) is 121 cm³/mol. The number of nitrogens with one attached hydrogen (secondary N) is 1. The number of amides is 2. The highest BCUT2D eigenvalue weighted by Crippen LogP contribution is 2.32. The standard InChI is InChI=1S/C24H22FN3O3S/c1-15(29)21-20(16-6-3-2-4-7-16)26-24(32-21)27-22(30)18-8-5-13-28(14-18)23(31)17-9-11-19(25)12-10-17/h2-4,6-7,9-12,18H,5,8,13-14H2,1H3,(H,26,27,30)/t18-/m1/s1. The van der Waals surface area contributed by atoms with Crippen LogP contribution in [0.3, 0.4) is 0 Å². The maximum atomic E-state index is 13.2. The summed E-state index contributed by atoms with van der Waals surface area (Å²) in [5.41, 5.74) is 1.75. The van der Waals surface area contributed by atoms with Gasteiger partial charge in [-0.25, -0.2) is 9.37 Å². The first kappa shape index (κ1) is 21.8. The molecule has 32 heavy (non-hydrogen) atoms. The number of benzene rings is 2. The molecule has 1 aliphatic rings. The lowest BCUT2D eigenvalue weighted by atomic mass is 9.96. The van der Waals surface area contributed by atoms with Crippen molar-refractivity contribution in [2.75, 3.05) is 18.4 Å². The van der Waals surface area contributed by atoms with Crippen LogP contribution in [-0.2, 0) is 4.79 Å². The number of anilines is 1. The zero-order chi connectivity index (χ0) is 22.7. The number of aromatic nitrogens is 1. The molecule has 0 unspecified atom stereocenters. The number of piperidine rings is 1. The highest BCUT2D eigenvalue weighted by Gasteiger charge is 2.30. The lowest BCUT2D eigenvalue weighted by Crippen LogP contribution is -2.43. The van der Waals surface area contributed by atoms with Crippen LogP contribution in [0, 0.1) is 11.7 Å². The molecule has 1 fully saturated rings. The summed E-state index contributed by atoms with van der Waals surface area (Å²) in [7, 11) is 0. The number of thiazole rings is 1. The van der Waals surface area contributed by atoms with Gasteiger partial charge in [0.05, 0.1) is 16.5 Å². The van der Waals surface area contributed by atoms with E-state index in [1.54, 1.807) is 4.90 Å². The first-order valence-corrected chi connectivity index (χ1v) is 11.2. The fourth-order valence-electron chi connectivity index (χ4n) is 3.76. The molecule has 4 rings (SSSR count). The molecular formula is C24H22FN3O3S. The molecule has 1 aliphatic heterocycles. The molecule has 2 amide bonds. The summed E-state index contributed by atoms with van der Waals surface area (Å²) < 4.78 is 13.2. The fourth-order valence-corrected chi connectivity index (χ4v) is 4.65. The van der Waals surface area contributed by atoms with Gasteiger partial charge < -0.3 is 10.2 Å². The smallest absolute Gasteiger partial charge is 0.253 e. The van der Waals surface area contributed by atoms with Gasteiger partial charge >= 0.3 is 0 Å². The molecule has 0 radical (unpaired) electrons. The highest BCUT2D eigenvalue weighted by molar-refractivity contribution is 7.18. The van der Waals surface area contributed by atoms with Crippen molar-refractivity contribution >= 4 is 34.1 Å². The molecule has 1 atom stereocenters. The normalized spacial score (nSPS) is 15.9. The Hall–Kier alpha value is -3.39. The number of hydrogen-bond donors (Lipinski definition) is 1. The minimum Gasteiger partial charge on any atom is -0.338 e. The molecule has 0 saturated carbocycles. The van der Waals surface area contributed by atoms with Gasteiger partial charge in [0.2, 0.25) is 5.91 Å². The Labute approximate surface area is 189 Å². The Bertz CT molecular complexity index is 1150. The van der Waals surface area contributed by atoms with Crippen molar-refractivity contribution in [2.24, 2.45) is 5.92 Å². The summed E-state index contributed by atoms with van der Waals surface area (Å²) in [6, 6.07) is 14.8. The second kappa shape index (κ2) is 9.40. The lowest BCUT2D eigenvalue weighted by molar-refractivity contribution is -0.121. The van der Waals surface area contributed by atoms with E-state index < -0.39 is 11.7 Å². The Morgan fingerprint density at radius 2 is 1.81 bits per heavy atom. The monoisotopic (exact) mass is 451 g/mol. The van der Waals surface area contributed by atoms with Gasteiger partial charge in [-0.15, -0.1) is 0 Å². The van der Waals surface area contributed by atoms with Gasteiger partial charge in [-0.3, -0.25) is 14.4 Å². The summed E-state index contributed by atoms with van der Waals surface area (Å²) in [5.74, 6) is -1.36. The fraction of sp³-hybridized carbons (Fsp3) is 0.250. The molecule has 0 spiro atoms. The number of halogens is 1. The predicted octanol–water partition coefficient (Wildman–Crippen LogP) is 4.64. The maximum Gasteiger partial charge on any atom is 0.253 e. The Balaban J connectivity index is 1.47. The topological polar surface area (TPSA) is 79.4 Å². The second-order valence-electron chi connectivity index (χ2n) is 7.71. The van der Waals surface area contributed by atoms with Crippen LogP contribution in [0.5, 0.6) is 0 Å². The summed E-state index contributed by atoms with van der Waals surface area (Å²) in [4.78, 5) is 44.4. The van der Waals surface area contributed by atoms with Crippen molar-refractivity contribution in [3.05, 3.63) is 70.9 Å². The SMILES string of the molecule is CC(=O)c1sc(NC(=O)[C@@H]2CCCN(C(=O)c3ccc(F)cc3)C2)nc1-c1ccccc1. The highest BCUT2D eigenvalue weighted by atomic mass is 32.1. The van der Waals surface area contributed by atoms with E-state index in [0.29, 0.717) is 40.7 Å². The molecule has 1 saturated heterocycles. The van der Waals surface area contributed by atoms with Crippen LogP contribution < -0.4 is 5.32 Å². The molecular weight excluding hydrogens is 429 g/mol. The van der Waals surface area contributed by atoms with Crippen LogP contribution in [0.1, 0.15) is 39.8 Å². The van der Waals surface area contributed by atoms with Crippen molar-refractivity contribution in [3.63, 3.8) is 0 Å². The minimum absolute atomic E-state index is 0.115. The lowest BCUT2D eigenvalue weighted by Gasteiger charge is -2.32. The third-order valence-electron chi connectivity index (χ3n) is 5.39. The number of nitrogens with zero attached hydrogens (tertiary/aromatic N) is 2. The van der Waals surface area contributed by atoms with Gasteiger partial charge in [-0.2, -0.15) is 0 Å². The molecule has 6 nitrogen and oxygen atoms in total. The van der Waals surface area contributed by atoms with E-state index in [-0.39, 0.29) is 24.1 Å². The van der Waals surface area contributed by atoms with Gasteiger partial charge in [0.15, 0.2) is 10.9 Å². The van der Waals surface area contributed by atoms with Gasteiger partial charge in [0.1, 0.15) is 5.82 Å². The summed E-state index contributed by atoms with van der Waals surface area (Å²) in [6.45, 7) is 2.30. The molecule has 0 bridgehead atoms.